The number of fused-ring (bicyclic) bond motifs is 13. The van der Waals surface area contributed by atoms with Gasteiger partial charge in [-0.15, -0.1) is 22.7 Å². The van der Waals surface area contributed by atoms with Crippen molar-refractivity contribution in [3.8, 4) is 16.8 Å². The average molecular weight is 622 g/mol. The van der Waals surface area contributed by atoms with Crippen molar-refractivity contribution in [1.29, 1.82) is 0 Å². The van der Waals surface area contributed by atoms with Crippen LogP contribution < -0.4 is 0 Å². The summed E-state index contributed by atoms with van der Waals surface area (Å²) in [5.41, 5.74) is 7.99. The third-order valence-electron chi connectivity index (χ3n) is 9.61. The Balaban J connectivity index is 1.18. The smallest absolute Gasteiger partial charge is 0.136 e. The molecule has 0 aliphatic rings. The summed E-state index contributed by atoms with van der Waals surface area (Å²) in [5.74, 6) is 0. The second-order valence-corrected chi connectivity index (χ2v) is 14.2. The number of furan rings is 1. The minimum absolute atomic E-state index is 0.927. The Kier molecular flexibility index (Phi) is 4.90. The van der Waals surface area contributed by atoms with Crippen molar-refractivity contribution < 1.29 is 4.42 Å². The number of rotatable bonds is 2. The van der Waals surface area contributed by atoms with Gasteiger partial charge < -0.3 is 8.98 Å². The predicted molar refractivity (Wildman–Crippen MR) is 199 cm³/mol. The third-order valence-corrected chi connectivity index (χ3v) is 11.9. The minimum Gasteiger partial charge on any atom is -0.456 e. The van der Waals surface area contributed by atoms with E-state index in [1.54, 1.807) is 0 Å². The van der Waals surface area contributed by atoms with Crippen molar-refractivity contribution in [2.24, 2.45) is 0 Å². The fourth-order valence-electron chi connectivity index (χ4n) is 7.73. The summed E-state index contributed by atoms with van der Waals surface area (Å²) in [6.07, 6.45) is 0. The minimum atomic E-state index is 0.927. The van der Waals surface area contributed by atoms with E-state index < -0.39 is 0 Å². The molecule has 0 saturated carbocycles. The van der Waals surface area contributed by atoms with Gasteiger partial charge in [-0.3, -0.25) is 0 Å². The Labute approximate surface area is 270 Å². The summed E-state index contributed by atoms with van der Waals surface area (Å²) < 4.78 is 14.0. The van der Waals surface area contributed by atoms with Gasteiger partial charge in [0.15, 0.2) is 0 Å². The molecule has 0 aliphatic heterocycles. The molecule has 0 aliphatic carbocycles. The zero-order chi connectivity index (χ0) is 29.9. The van der Waals surface area contributed by atoms with E-state index in [0.717, 1.165) is 16.6 Å². The van der Waals surface area contributed by atoms with E-state index in [0.29, 0.717) is 0 Å². The normalized spacial score (nSPS) is 12.3. The summed E-state index contributed by atoms with van der Waals surface area (Å²) >= 11 is 3.76. The first-order valence-corrected chi connectivity index (χ1v) is 17.1. The van der Waals surface area contributed by atoms with Gasteiger partial charge in [-0.1, -0.05) is 84.9 Å². The number of para-hydroxylation sites is 2. The van der Waals surface area contributed by atoms with Crippen LogP contribution in [-0.2, 0) is 0 Å². The summed E-state index contributed by atoms with van der Waals surface area (Å²) in [6, 6.07) is 50.8. The highest BCUT2D eigenvalue weighted by Crippen LogP contribution is 2.46. The Morgan fingerprint density at radius 1 is 0.391 bits per heavy atom. The quantitative estimate of drug-likeness (QED) is 0.188. The molecule has 0 radical (unpaired) electrons. The number of nitrogens with zero attached hydrogens (tertiary/aromatic N) is 1. The van der Waals surface area contributed by atoms with Gasteiger partial charge >= 0.3 is 0 Å². The lowest BCUT2D eigenvalue weighted by Crippen LogP contribution is -1.93. The van der Waals surface area contributed by atoms with E-state index in [2.05, 4.69) is 138 Å². The Morgan fingerprint density at radius 3 is 2.00 bits per heavy atom. The lowest BCUT2D eigenvalue weighted by molar-refractivity contribution is 0.669. The highest BCUT2D eigenvalue weighted by molar-refractivity contribution is 7.26. The molecular weight excluding hydrogens is 599 g/mol. The van der Waals surface area contributed by atoms with E-state index in [-0.39, 0.29) is 0 Å². The predicted octanol–water partition coefficient (Wildman–Crippen LogP) is 13.1. The van der Waals surface area contributed by atoms with Crippen LogP contribution in [0.15, 0.2) is 144 Å². The molecule has 11 rings (SSSR count). The lowest BCUT2D eigenvalue weighted by Gasteiger charge is -2.09. The molecule has 7 aromatic carbocycles. The van der Waals surface area contributed by atoms with Crippen LogP contribution >= 0.6 is 22.7 Å². The van der Waals surface area contributed by atoms with Crippen molar-refractivity contribution in [3.63, 3.8) is 0 Å². The molecule has 0 saturated heterocycles. The van der Waals surface area contributed by atoms with Crippen molar-refractivity contribution in [2.45, 2.75) is 0 Å². The number of thiophene rings is 2. The molecule has 11 aromatic rings. The molecule has 0 spiro atoms. The molecule has 0 unspecified atom stereocenters. The van der Waals surface area contributed by atoms with E-state index in [9.17, 15) is 0 Å². The topological polar surface area (TPSA) is 18.1 Å². The molecule has 0 amide bonds. The first-order chi connectivity index (χ1) is 22.8. The van der Waals surface area contributed by atoms with Crippen LogP contribution in [0.1, 0.15) is 0 Å². The zero-order valence-corrected chi connectivity index (χ0v) is 26.1. The summed E-state index contributed by atoms with van der Waals surface area (Å²) in [5, 5.41) is 10.3. The zero-order valence-electron chi connectivity index (χ0n) is 24.5. The van der Waals surface area contributed by atoms with Crippen LogP contribution in [0, 0.1) is 0 Å². The van der Waals surface area contributed by atoms with Crippen LogP contribution in [0.3, 0.4) is 0 Å². The van der Waals surface area contributed by atoms with Gasteiger partial charge in [0, 0.05) is 67.6 Å². The van der Waals surface area contributed by atoms with Crippen molar-refractivity contribution in [3.05, 3.63) is 140 Å². The van der Waals surface area contributed by atoms with Gasteiger partial charge in [0.2, 0.25) is 0 Å². The largest absolute Gasteiger partial charge is 0.456 e. The Hall–Kier alpha value is -5.42. The molecule has 4 aromatic heterocycles. The number of aromatic nitrogens is 1. The summed E-state index contributed by atoms with van der Waals surface area (Å²) in [6.45, 7) is 0. The maximum Gasteiger partial charge on any atom is 0.136 e. The van der Waals surface area contributed by atoms with E-state index in [1.807, 2.05) is 28.7 Å². The van der Waals surface area contributed by atoms with Crippen LogP contribution in [0.25, 0.3) is 101 Å². The Bertz CT molecular complexity index is 3040. The standard InChI is InChI=1S/C42H23NOS2/c1-4-14-31-27(9-1)41-32(21-22-37-42(41)29-11-3-6-17-35(29)45-37)43(31)24-19-20-30-38(23-24)46-36-18-8-13-26(40(30)36)25-12-7-16-34-39(25)28-10-2-5-15-33(28)44-34/h1-23H. The van der Waals surface area contributed by atoms with Crippen LogP contribution in [0.2, 0.25) is 0 Å². The van der Waals surface area contributed by atoms with Crippen LogP contribution in [0.4, 0.5) is 0 Å². The van der Waals surface area contributed by atoms with Gasteiger partial charge in [0.25, 0.3) is 0 Å². The fourth-order valence-corrected chi connectivity index (χ4v) is 10.0. The molecule has 4 heteroatoms. The van der Waals surface area contributed by atoms with Crippen molar-refractivity contribution in [1.82, 2.24) is 4.57 Å². The monoisotopic (exact) mass is 621 g/mol. The molecule has 46 heavy (non-hydrogen) atoms. The van der Waals surface area contributed by atoms with E-state index >= 15 is 0 Å². The van der Waals surface area contributed by atoms with Crippen LogP contribution in [0.5, 0.6) is 0 Å². The van der Waals surface area contributed by atoms with Gasteiger partial charge in [-0.05, 0) is 65.7 Å². The van der Waals surface area contributed by atoms with Gasteiger partial charge in [-0.25, -0.2) is 0 Å². The molecule has 0 bridgehead atoms. The molecular formula is C42H23NOS2. The third kappa shape index (κ3) is 3.24. The van der Waals surface area contributed by atoms with Gasteiger partial charge in [-0.2, -0.15) is 0 Å². The SMILES string of the molecule is c1ccc2c(c1)oc1cccc(-c3cccc4sc5cc(-n6c7ccccc7c7c8c(ccc76)sc6ccccc68)ccc5c34)c12. The lowest BCUT2D eigenvalue weighted by atomic mass is 9.95. The average Bonchev–Trinajstić information content (AvgIpc) is 3.86. The molecule has 0 N–H and O–H groups in total. The molecule has 4 heterocycles. The van der Waals surface area contributed by atoms with E-state index in [4.69, 9.17) is 4.42 Å². The number of hydrogen-bond acceptors (Lipinski definition) is 3. The first kappa shape index (κ1) is 24.8. The first-order valence-electron chi connectivity index (χ1n) is 15.5. The summed E-state index contributed by atoms with van der Waals surface area (Å²) in [4.78, 5) is 0. The molecule has 214 valence electrons. The summed E-state index contributed by atoms with van der Waals surface area (Å²) in [7, 11) is 0. The molecule has 0 atom stereocenters. The van der Waals surface area contributed by atoms with Gasteiger partial charge in [0.05, 0.1) is 11.0 Å². The van der Waals surface area contributed by atoms with Gasteiger partial charge in [0.1, 0.15) is 11.2 Å². The Morgan fingerprint density at radius 2 is 1.07 bits per heavy atom. The maximum atomic E-state index is 6.27. The maximum absolute atomic E-state index is 6.27. The molecule has 2 nitrogen and oxygen atoms in total. The fraction of sp³-hybridized carbons (Fsp3) is 0. The second-order valence-electron chi connectivity index (χ2n) is 12.0. The highest BCUT2D eigenvalue weighted by atomic mass is 32.1. The van der Waals surface area contributed by atoms with Crippen LogP contribution in [-0.4, -0.2) is 4.57 Å². The van der Waals surface area contributed by atoms with Crippen molar-refractivity contribution >= 4 is 107 Å². The highest BCUT2D eigenvalue weighted by Gasteiger charge is 2.20. The number of benzene rings is 7. The number of hydrogen-bond donors (Lipinski definition) is 0. The molecule has 0 fully saturated rings. The van der Waals surface area contributed by atoms with E-state index in [1.165, 1.54) is 84.4 Å². The van der Waals surface area contributed by atoms with Crippen molar-refractivity contribution in [2.75, 3.05) is 0 Å². The second kappa shape index (κ2) is 9.07.